The van der Waals surface area contributed by atoms with E-state index in [1.807, 2.05) is 23.9 Å². The molecule has 0 aromatic carbocycles. The first-order chi connectivity index (χ1) is 14.5. The highest BCUT2D eigenvalue weighted by atomic mass is 16.7. The molecule has 2 saturated carbocycles. The van der Waals surface area contributed by atoms with Crippen molar-refractivity contribution in [2.75, 3.05) is 5.32 Å². The monoisotopic (exact) mass is 411 g/mol. The highest BCUT2D eigenvalue weighted by Crippen LogP contribution is 2.47. The van der Waals surface area contributed by atoms with Crippen molar-refractivity contribution in [2.24, 2.45) is 5.92 Å². The molecule has 2 fully saturated rings. The normalized spacial score (nSPS) is 26.5. The van der Waals surface area contributed by atoms with Crippen molar-refractivity contribution >= 4 is 28.4 Å². The van der Waals surface area contributed by atoms with E-state index in [9.17, 15) is 9.90 Å². The lowest BCUT2D eigenvalue weighted by Gasteiger charge is -2.39. The molecule has 3 N–H and O–H groups in total. The second kappa shape index (κ2) is 7.27. The highest BCUT2D eigenvalue weighted by molar-refractivity contribution is 5.98. The summed E-state index contributed by atoms with van der Waals surface area (Å²) in [5.41, 5.74) is 7.26. The Morgan fingerprint density at radius 3 is 2.83 bits per heavy atom. The molecule has 0 unspecified atom stereocenters. The van der Waals surface area contributed by atoms with Crippen LogP contribution in [0.1, 0.15) is 63.1 Å². The molecule has 5 rings (SSSR count). The zero-order valence-corrected chi connectivity index (χ0v) is 17.6. The SMILES string of the molecule is CCn1nc(C)c2c(NC3CCCCC3)c(C3=CC4(CC(C(=O)O)C4)ON3)cnc21. The molecule has 0 radical (unpaired) electrons. The van der Waals surface area contributed by atoms with Crippen LogP contribution in [0.3, 0.4) is 0 Å². The Hall–Kier alpha value is -2.61. The minimum Gasteiger partial charge on any atom is -0.481 e. The van der Waals surface area contributed by atoms with Crippen molar-refractivity contribution in [1.82, 2.24) is 20.2 Å². The fraction of sp³-hybridized carbons (Fsp3) is 0.591. The van der Waals surface area contributed by atoms with E-state index >= 15 is 0 Å². The molecular weight excluding hydrogens is 382 g/mol. The van der Waals surface area contributed by atoms with E-state index < -0.39 is 11.6 Å². The number of carboxylic acids is 1. The van der Waals surface area contributed by atoms with Gasteiger partial charge in [0.2, 0.25) is 0 Å². The molecule has 2 aliphatic carbocycles. The quantitative estimate of drug-likeness (QED) is 0.691. The van der Waals surface area contributed by atoms with Gasteiger partial charge in [0.1, 0.15) is 5.60 Å². The molecule has 8 nitrogen and oxygen atoms in total. The number of aliphatic carboxylic acids is 1. The molecule has 1 spiro atoms. The van der Waals surface area contributed by atoms with Crippen LogP contribution < -0.4 is 10.8 Å². The van der Waals surface area contributed by atoms with Gasteiger partial charge in [0.15, 0.2) is 5.65 Å². The Morgan fingerprint density at radius 1 is 1.37 bits per heavy atom. The van der Waals surface area contributed by atoms with Gasteiger partial charge in [0.05, 0.1) is 28.4 Å². The van der Waals surface area contributed by atoms with E-state index in [4.69, 9.17) is 14.9 Å². The van der Waals surface area contributed by atoms with Crippen LogP contribution in [0, 0.1) is 12.8 Å². The molecule has 0 amide bonds. The lowest BCUT2D eigenvalue weighted by Crippen LogP contribution is -2.46. The standard InChI is InChI=1S/C22H29N5O3/c1-3-27-20-18(13(2)25-27)19(24-15-7-5-4-6-8-15)16(12-23-20)17-11-22(30-26-17)9-14(10-22)21(28)29/h11-12,14-15,26H,3-10H2,1-2H3,(H,23,24)(H,28,29). The van der Waals surface area contributed by atoms with Crippen LogP contribution in [0.4, 0.5) is 5.69 Å². The summed E-state index contributed by atoms with van der Waals surface area (Å²) in [4.78, 5) is 21.8. The molecule has 2 aromatic rings. The number of hydroxylamine groups is 1. The van der Waals surface area contributed by atoms with Crippen LogP contribution in [0.15, 0.2) is 12.3 Å². The van der Waals surface area contributed by atoms with Gasteiger partial charge in [0.25, 0.3) is 0 Å². The third-order valence-electron chi connectivity index (χ3n) is 6.78. The fourth-order valence-corrected chi connectivity index (χ4v) is 5.11. The minimum atomic E-state index is -0.753. The van der Waals surface area contributed by atoms with Crippen molar-refractivity contribution in [3.63, 3.8) is 0 Å². The van der Waals surface area contributed by atoms with Gasteiger partial charge in [-0.1, -0.05) is 19.3 Å². The summed E-state index contributed by atoms with van der Waals surface area (Å²) in [6.45, 7) is 4.87. The average Bonchev–Trinajstić information content (AvgIpc) is 3.30. The van der Waals surface area contributed by atoms with Crippen LogP contribution in [0.2, 0.25) is 0 Å². The van der Waals surface area contributed by atoms with Gasteiger partial charge in [-0.25, -0.2) is 9.67 Å². The number of carbonyl (C=O) groups is 1. The zero-order valence-electron chi connectivity index (χ0n) is 17.6. The number of hydrogen-bond acceptors (Lipinski definition) is 6. The molecule has 0 bridgehead atoms. The maximum Gasteiger partial charge on any atom is 0.306 e. The fourth-order valence-electron chi connectivity index (χ4n) is 5.11. The molecule has 0 saturated heterocycles. The number of carboxylic acid groups (broad SMARTS) is 1. The Labute approximate surface area is 175 Å². The number of pyridine rings is 1. The maximum absolute atomic E-state index is 11.2. The molecule has 0 atom stereocenters. The van der Waals surface area contributed by atoms with Crippen molar-refractivity contribution < 1.29 is 14.7 Å². The van der Waals surface area contributed by atoms with Crippen molar-refractivity contribution in [3.8, 4) is 0 Å². The summed E-state index contributed by atoms with van der Waals surface area (Å²) in [7, 11) is 0. The van der Waals surface area contributed by atoms with Crippen molar-refractivity contribution in [2.45, 2.75) is 77.0 Å². The predicted octanol–water partition coefficient (Wildman–Crippen LogP) is 3.61. The van der Waals surface area contributed by atoms with Gasteiger partial charge in [-0.15, -0.1) is 0 Å². The first kappa shape index (κ1) is 19.4. The Balaban J connectivity index is 1.55. The Bertz CT molecular complexity index is 1020. The average molecular weight is 412 g/mol. The predicted molar refractivity (Wildman–Crippen MR) is 114 cm³/mol. The second-order valence-corrected chi connectivity index (χ2v) is 8.90. The summed E-state index contributed by atoms with van der Waals surface area (Å²) in [6, 6.07) is 0.435. The van der Waals surface area contributed by atoms with Crippen molar-refractivity contribution in [3.05, 3.63) is 23.5 Å². The topological polar surface area (TPSA) is 101 Å². The molecule has 3 heterocycles. The van der Waals surface area contributed by atoms with Crippen molar-refractivity contribution in [1.29, 1.82) is 0 Å². The van der Waals surface area contributed by atoms with E-state index in [0.717, 1.165) is 53.1 Å². The lowest BCUT2D eigenvalue weighted by molar-refractivity contribution is -0.162. The molecule has 2 aromatic heterocycles. The molecule has 1 aliphatic heterocycles. The number of aromatic nitrogens is 3. The van der Waals surface area contributed by atoms with E-state index in [2.05, 4.69) is 17.7 Å². The van der Waals surface area contributed by atoms with E-state index in [1.165, 1.54) is 19.3 Å². The van der Waals surface area contributed by atoms with Crippen LogP contribution >= 0.6 is 0 Å². The van der Waals surface area contributed by atoms with E-state index in [-0.39, 0.29) is 5.92 Å². The summed E-state index contributed by atoms with van der Waals surface area (Å²) in [5, 5.41) is 18.8. The molecular formula is C22H29N5O3. The van der Waals surface area contributed by atoms with Crippen LogP contribution in [0.25, 0.3) is 16.7 Å². The summed E-state index contributed by atoms with van der Waals surface area (Å²) in [5.74, 6) is -1.09. The lowest BCUT2D eigenvalue weighted by atomic mass is 9.70. The first-order valence-electron chi connectivity index (χ1n) is 11.0. The largest absolute Gasteiger partial charge is 0.481 e. The summed E-state index contributed by atoms with van der Waals surface area (Å²) < 4.78 is 1.94. The smallest absolute Gasteiger partial charge is 0.306 e. The Kier molecular flexibility index (Phi) is 4.69. The molecule has 30 heavy (non-hydrogen) atoms. The van der Waals surface area contributed by atoms with E-state index in [1.54, 1.807) is 0 Å². The van der Waals surface area contributed by atoms with Gasteiger partial charge >= 0.3 is 5.97 Å². The number of aryl methyl sites for hydroxylation is 2. The van der Waals surface area contributed by atoms with Gasteiger partial charge < -0.3 is 10.4 Å². The van der Waals surface area contributed by atoms with Crippen LogP contribution in [-0.2, 0) is 16.2 Å². The Morgan fingerprint density at radius 2 is 2.13 bits per heavy atom. The summed E-state index contributed by atoms with van der Waals surface area (Å²) >= 11 is 0. The van der Waals surface area contributed by atoms with Gasteiger partial charge in [-0.2, -0.15) is 5.10 Å². The first-order valence-corrected chi connectivity index (χ1v) is 11.0. The second-order valence-electron chi connectivity index (χ2n) is 8.90. The third-order valence-corrected chi connectivity index (χ3v) is 6.78. The maximum atomic E-state index is 11.2. The summed E-state index contributed by atoms with van der Waals surface area (Å²) in [6.07, 6.45) is 11.0. The number of hydrogen-bond donors (Lipinski definition) is 3. The zero-order chi connectivity index (χ0) is 20.9. The van der Waals surface area contributed by atoms with Crippen LogP contribution in [0.5, 0.6) is 0 Å². The third kappa shape index (κ3) is 3.14. The number of fused-ring (bicyclic) bond motifs is 1. The number of rotatable bonds is 5. The van der Waals surface area contributed by atoms with E-state index in [0.29, 0.717) is 18.9 Å². The van der Waals surface area contributed by atoms with Gasteiger partial charge in [0, 0.05) is 24.3 Å². The van der Waals surface area contributed by atoms with Crippen LogP contribution in [-0.4, -0.2) is 37.5 Å². The molecule has 160 valence electrons. The number of nitrogens with zero attached hydrogens (tertiary/aromatic N) is 3. The molecule has 3 aliphatic rings. The number of nitrogens with one attached hydrogen (secondary N) is 2. The van der Waals surface area contributed by atoms with Gasteiger partial charge in [-0.05, 0) is 45.6 Å². The number of anilines is 1. The van der Waals surface area contributed by atoms with Gasteiger partial charge in [-0.3, -0.25) is 15.1 Å². The minimum absolute atomic E-state index is 0.340. The highest BCUT2D eigenvalue weighted by Gasteiger charge is 2.51. The molecule has 8 heteroatoms.